The Bertz CT molecular complexity index is 376. The van der Waals surface area contributed by atoms with Crippen molar-refractivity contribution in [3.05, 3.63) is 29.3 Å². The van der Waals surface area contributed by atoms with Gasteiger partial charge in [0.1, 0.15) is 5.75 Å². The molecule has 0 saturated carbocycles. The van der Waals surface area contributed by atoms with Gasteiger partial charge in [-0.15, -0.1) is 0 Å². The highest BCUT2D eigenvalue weighted by Gasteiger charge is 2.07. The van der Waals surface area contributed by atoms with E-state index in [1.807, 2.05) is 0 Å². The number of aromatic hydroxyl groups is 1. The first-order chi connectivity index (χ1) is 7.19. The average molecular weight is 209 g/mol. The Balaban J connectivity index is 2.86. The van der Waals surface area contributed by atoms with Crippen molar-refractivity contribution in [2.24, 2.45) is 0 Å². The van der Waals surface area contributed by atoms with Gasteiger partial charge in [-0.05, 0) is 18.2 Å². The SMILES string of the molecule is O=Cc1cc(C(=O)NCCO)ccc1O. The lowest BCUT2D eigenvalue weighted by Gasteiger charge is -2.04. The largest absolute Gasteiger partial charge is 0.507 e. The second-order valence-electron chi connectivity index (χ2n) is 2.87. The van der Waals surface area contributed by atoms with Crippen LogP contribution >= 0.6 is 0 Å². The third kappa shape index (κ3) is 2.78. The Labute approximate surface area is 86.4 Å². The first-order valence-electron chi connectivity index (χ1n) is 4.36. The zero-order valence-electron chi connectivity index (χ0n) is 7.93. The number of benzene rings is 1. The van der Waals surface area contributed by atoms with Crippen molar-refractivity contribution in [2.75, 3.05) is 13.2 Å². The van der Waals surface area contributed by atoms with Crippen LogP contribution in [0, 0.1) is 0 Å². The highest BCUT2D eigenvalue weighted by atomic mass is 16.3. The minimum Gasteiger partial charge on any atom is -0.507 e. The number of nitrogens with one attached hydrogen (secondary N) is 1. The molecule has 5 nitrogen and oxygen atoms in total. The molecule has 0 aliphatic carbocycles. The fourth-order valence-corrected chi connectivity index (χ4v) is 1.06. The van der Waals surface area contributed by atoms with Crippen molar-refractivity contribution >= 4 is 12.2 Å². The van der Waals surface area contributed by atoms with Gasteiger partial charge in [-0.25, -0.2) is 0 Å². The summed E-state index contributed by atoms with van der Waals surface area (Å²) in [7, 11) is 0. The number of rotatable bonds is 4. The van der Waals surface area contributed by atoms with Crippen molar-refractivity contribution in [3.63, 3.8) is 0 Å². The molecule has 3 N–H and O–H groups in total. The van der Waals surface area contributed by atoms with E-state index in [4.69, 9.17) is 5.11 Å². The van der Waals surface area contributed by atoms with E-state index in [9.17, 15) is 14.7 Å². The van der Waals surface area contributed by atoms with Gasteiger partial charge in [0.15, 0.2) is 6.29 Å². The Morgan fingerprint density at radius 1 is 1.47 bits per heavy atom. The number of hydrogen-bond acceptors (Lipinski definition) is 4. The van der Waals surface area contributed by atoms with Crippen LogP contribution in [0.5, 0.6) is 5.75 Å². The molecule has 1 aromatic rings. The standard InChI is InChI=1S/C10H11NO4/c12-4-3-11-10(15)7-1-2-9(14)8(5-7)6-13/h1-2,5-6,12,14H,3-4H2,(H,11,15). The fourth-order valence-electron chi connectivity index (χ4n) is 1.06. The van der Waals surface area contributed by atoms with Crippen LogP contribution in [-0.4, -0.2) is 35.6 Å². The van der Waals surface area contributed by atoms with Crippen LogP contribution in [0.3, 0.4) is 0 Å². The molecule has 0 unspecified atom stereocenters. The van der Waals surface area contributed by atoms with Crippen molar-refractivity contribution < 1.29 is 19.8 Å². The number of aliphatic hydroxyl groups is 1. The van der Waals surface area contributed by atoms with Crippen LogP contribution in [0.2, 0.25) is 0 Å². The van der Waals surface area contributed by atoms with E-state index in [0.717, 1.165) is 0 Å². The molecule has 80 valence electrons. The lowest BCUT2D eigenvalue weighted by atomic mass is 10.1. The van der Waals surface area contributed by atoms with Crippen molar-refractivity contribution in [3.8, 4) is 5.75 Å². The summed E-state index contributed by atoms with van der Waals surface area (Å²) in [6, 6.07) is 3.96. The highest BCUT2D eigenvalue weighted by molar-refractivity contribution is 5.96. The fraction of sp³-hybridized carbons (Fsp3) is 0.200. The van der Waals surface area contributed by atoms with Crippen LogP contribution < -0.4 is 5.32 Å². The van der Waals surface area contributed by atoms with Crippen LogP contribution in [0.25, 0.3) is 0 Å². The van der Waals surface area contributed by atoms with E-state index in [0.29, 0.717) is 6.29 Å². The summed E-state index contributed by atoms with van der Waals surface area (Å²) in [6.45, 7) is 0.000490. The maximum Gasteiger partial charge on any atom is 0.251 e. The first kappa shape index (κ1) is 11.2. The zero-order chi connectivity index (χ0) is 11.3. The summed E-state index contributed by atoms with van der Waals surface area (Å²) >= 11 is 0. The molecule has 0 aliphatic rings. The van der Waals surface area contributed by atoms with Crippen LogP contribution in [0.4, 0.5) is 0 Å². The molecule has 15 heavy (non-hydrogen) atoms. The van der Waals surface area contributed by atoms with E-state index >= 15 is 0 Å². The van der Waals surface area contributed by atoms with E-state index in [-0.39, 0.29) is 30.0 Å². The summed E-state index contributed by atoms with van der Waals surface area (Å²) in [5.74, 6) is -0.559. The molecule has 0 aromatic heterocycles. The topological polar surface area (TPSA) is 86.6 Å². The summed E-state index contributed by atoms with van der Waals surface area (Å²) in [5, 5.41) is 20.1. The molecule has 1 rings (SSSR count). The monoisotopic (exact) mass is 209 g/mol. The number of phenolic OH excluding ortho intramolecular Hbond substituents is 1. The minimum atomic E-state index is -0.396. The van der Waals surface area contributed by atoms with Gasteiger partial charge in [0.2, 0.25) is 0 Å². The Morgan fingerprint density at radius 3 is 2.80 bits per heavy atom. The second-order valence-corrected chi connectivity index (χ2v) is 2.87. The van der Waals surface area contributed by atoms with Gasteiger partial charge in [-0.1, -0.05) is 0 Å². The van der Waals surface area contributed by atoms with Crippen molar-refractivity contribution in [1.82, 2.24) is 5.32 Å². The predicted octanol–water partition coefficient (Wildman–Crippen LogP) is -0.0732. The molecule has 1 amide bonds. The summed E-state index contributed by atoms with van der Waals surface area (Å²) in [4.78, 5) is 21.8. The number of aliphatic hydroxyl groups excluding tert-OH is 1. The molecular formula is C10H11NO4. The molecule has 0 radical (unpaired) electrons. The van der Waals surface area contributed by atoms with Crippen molar-refractivity contribution in [1.29, 1.82) is 0 Å². The van der Waals surface area contributed by atoms with Gasteiger partial charge in [0, 0.05) is 12.1 Å². The lowest BCUT2D eigenvalue weighted by Crippen LogP contribution is -2.26. The van der Waals surface area contributed by atoms with Gasteiger partial charge < -0.3 is 15.5 Å². The average Bonchev–Trinajstić information content (AvgIpc) is 2.26. The smallest absolute Gasteiger partial charge is 0.251 e. The molecule has 0 bridgehead atoms. The second kappa shape index (κ2) is 5.11. The van der Waals surface area contributed by atoms with Crippen LogP contribution in [0.15, 0.2) is 18.2 Å². The molecule has 1 aromatic carbocycles. The number of hydrogen-bond donors (Lipinski definition) is 3. The Kier molecular flexibility index (Phi) is 3.82. The summed E-state index contributed by atoms with van der Waals surface area (Å²) < 4.78 is 0. The molecule has 0 aliphatic heterocycles. The Morgan fingerprint density at radius 2 is 2.20 bits per heavy atom. The number of carbonyl (C=O) groups excluding carboxylic acids is 2. The van der Waals surface area contributed by atoms with Gasteiger partial charge in [-0.3, -0.25) is 9.59 Å². The molecule has 5 heteroatoms. The maximum atomic E-state index is 11.4. The molecular weight excluding hydrogens is 198 g/mol. The maximum absolute atomic E-state index is 11.4. The van der Waals surface area contributed by atoms with Gasteiger partial charge in [0.05, 0.1) is 12.2 Å². The summed E-state index contributed by atoms with van der Waals surface area (Å²) in [5.41, 5.74) is 0.329. The quantitative estimate of drug-likeness (QED) is 0.606. The van der Waals surface area contributed by atoms with E-state index in [2.05, 4.69) is 5.32 Å². The lowest BCUT2D eigenvalue weighted by molar-refractivity contribution is 0.0945. The number of phenols is 1. The third-order valence-corrected chi connectivity index (χ3v) is 1.81. The van der Waals surface area contributed by atoms with E-state index in [1.165, 1.54) is 18.2 Å². The Hall–Kier alpha value is -1.88. The molecule has 0 heterocycles. The van der Waals surface area contributed by atoms with Gasteiger partial charge in [-0.2, -0.15) is 0 Å². The molecule has 0 spiro atoms. The molecule has 0 saturated heterocycles. The number of amides is 1. The normalized spacial score (nSPS) is 9.67. The highest BCUT2D eigenvalue weighted by Crippen LogP contribution is 2.16. The molecule has 0 atom stereocenters. The molecule has 0 fully saturated rings. The van der Waals surface area contributed by atoms with E-state index in [1.54, 1.807) is 0 Å². The minimum absolute atomic E-state index is 0.0617. The van der Waals surface area contributed by atoms with Crippen LogP contribution in [0.1, 0.15) is 20.7 Å². The van der Waals surface area contributed by atoms with E-state index < -0.39 is 5.91 Å². The van der Waals surface area contributed by atoms with Crippen LogP contribution in [-0.2, 0) is 0 Å². The van der Waals surface area contributed by atoms with Gasteiger partial charge >= 0.3 is 0 Å². The number of aldehydes is 1. The third-order valence-electron chi connectivity index (χ3n) is 1.81. The van der Waals surface area contributed by atoms with Gasteiger partial charge in [0.25, 0.3) is 5.91 Å². The number of carbonyl (C=O) groups is 2. The predicted molar refractivity (Wildman–Crippen MR) is 52.9 cm³/mol. The first-order valence-corrected chi connectivity index (χ1v) is 4.36. The van der Waals surface area contributed by atoms with Crippen molar-refractivity contribution in [2.45, 2.75) is 0 Å². The summed E-state index contributed by atoms with van der Waals surface area (Å²) in [6.07, 6.45) is 0.470. The zero-order valence-corrected chi connectivity index (χ0v) is 7.93.